The first-order valence-electron chi connectivity index (χ1n) is 5.86. The summed E-state index contributed by atoms with van der Waals surface area (Å²) in [7, 11) is 0. The number of rotatable bonds is 1. The van der Waals surface area contributed by atoms with Crippen molar-refractivity contribution in [2.24, 2.45) is 0 Å². The summed E-state index contributed by atoms with van der Waals surface area (Å²) in [6.07, 6.45) is 3.78. The van der Waals surface area contributed by atoms with E-state index in [1.165, 1.54) is 5.56 Å². The van der Waals surface area contributed by atoms with Gasteiger partial charge < -0.3 is 0 Å². The van der Waals surface area contributed by atoms with Crippen LogP contribution in [0.2, 0.25) is 0 Å². The molecule has 0 radical (unpaired) electrons. The summed E-state index contributed by atoms with van der Waals surface area (Å²) in [6.45, 7) is 8.54. The van der Waals surface area contributed by atoms with Crippen LogP contribution in [0.1, 0.15) is 32.0 Å². The van der Waals surface area contributed by atoms with E-state index in [1.54, 1.807) is 0 Å². The van der Waals surface area contributed by atoms with Gasteiger partial charge in [-0.05, 0) is 30.7 Å². The van der Waals surface area contributed by atoms with E-state index in [-0.39, 0.29) is 5.41 Å². The number of aromatic nitrogens is 2. The molecule has 0 unspecified atom stereocenters. The lowest BCUT2D eigenvalue weighted by Gasteiger charge is -2.17. The SMILES string of the molecule is Cc1ccc(-c2ccc(C(C)(C)C)nc2)nc1. The Bertz CT molecular complexity index is 490. The van der Waals surface area contributed by atoms with E-state index in [2.05, 4.69) is 48.9 Å². The number of hydrogen-bond acceptors (Lipinski definition) is 2. The van der Waals surface area contributed by atoms with Crippen molar-refractivity contribution in [3.63, 3.8) is 0 Å². The Morgan fingerprint density at radius 1 is 0.882 bits per heavy atom. The van der Waals surface area contributed by atoms with Crippen molar-refractivity contribution in [2.45, 2.75) is 33.1 Å². The van der Waals surface area contributed by atoms with Gasteiger partial charge in [-0.1, -0.05) is 26.8 Å². The zero-order valence-corrected chi connectivity index (χ0v) is 10.9. The molecule has 2 heteroatoms. The van der Waals surface area contributed by atoms with Crippen molar-refractivity contribution in [1.29, 1.82) is 0 Å². The maximum Gasteiger partial charge on any atom is 0.0717 e. The summed E-state index contributed by atoms with van der Waals surface area (Å²) in [5.41, 5.74) is 4.42. The van der Waals surface area contributed by atoms with Gasteiger partial charge in [0, 0.05) is 29.1 Å². The minimum atomic E-state index is 0.0965. The molecular weight excluding hydrogens is 208 g/mol. The molecule has 2 heterocycles. The fourth-order valence-corrected chi connectivity index (χ4v) is 1.63. The molecule has 0 aliphatic carbocycles. The normalized spacial score (nSPS) is 11.5. The Hall–Kier alpha value is -1.70. The third-order valence-electron chi connectivity index (χ3n) is 2.74. The van der Waals surface area contributed by atoms with Gasteiger partial charge in [-0.3, -0.25) is 9.97 Å². The summed E-state index contributed by atoms with van der Waals surface area (Å²) in [5, 5.41) is 0. The van der Waals surface area contributed by atoms with Crippen LogP contribution in [0.5, 0.6) is 0 Å². The van der Waals surface area contributed by atoms with Crippen molar-refractivity contribution in [3.8, 4) is 11.3 Å². The molecule has 0 fully saturated rings. The van der Waals surface area contributed by atoms with E-state index in [0.717, 1.165) is 17.0 Å². The van der Waals surface area contributed by atoms with Gasteiger partial charge in [0.1, 0.15) is 0 Å². The molecule has 0 aliphatic rings. The molecule has 2 rings (SSSR count). The summed E-state index contributed by atoms with van der Waals surface area (Å²) >= 11 is 0. The molecule has 0 aromatic carbocycles. The van der Waals surface area contributed by atoms with E-state index < -0.39 is 0 Å². The highest BCUT2D eigenvalue weighted by Gasteiger charge is 2.14. The maximum atomic E-state index is 4.51. The lowest BCUT2D eigenvalue weighted by molar-refractivity contribution is 0.569. The van der Waals surface area contributed by atoms with Crippen LogP contribution in [0, 0.1) is 6.92 Å². The van der Waals surface area contributed by atoms with Gasteiger partial charge in [-0.15, -0.1) is 0 Å². The van der Waals surface area contributed by atoms with Crippen molar-refractivity contribution < 1.29 is 0 Å². The predicted octanol–water partition coefficient (Wildman–Crippen LogP) is 3.75. The molecule has 0 spiro atoms. The standard InChI is InChI=1S/C15H18N2/c1-11-5-7-13(16-9-11)12-6-8-14(17-10-12)15(2,3)4/h5-10H,1-4H3. The maximum absolute atomic E-state index is 4.51. The van der Waals surface area contributed by atoms with Gasteiger partial charge in [0.05, 0.1) is 5.69 Å². The second-order valence-electron chi connectivity index (χ2n) is 5.40. The highest BCUT2D eigenvalue weighted by molar-refractivity contribution is 5.57. The molecule has 0 saturated heterocycles. The summed E-state index contributed by atoms with van der Waals surface area (Å²) < 4.78 is 0. The monoisotopic (exact) mass is 226 g/mol. The Morgan fingerprint density at radius 3 is 2.12 bits per heavy atom. The summed E-state index contributed by atoms with van der Waals surface area (Å²) in [4.78, 5) is 8.91. The number of aryl methyl sites for hydroxylation is 1. The van der Waals surface area contributed by atoms with Gasteiger partial charge in [-0.25, -0.2) is 0 Å². The molecular formula is C15H18N2. The predicted molar refractivity (Wildman–Crippen MR) is 70.9 cm³/mol. The van der Waals surface area contributed by atoms with Crippen LogP contribution in [0.3, 0.4) is 0 Å². The fourth-order valence-electron chi connectivity index (χ4n) is 1.63. The third-order valence-corrected chi connectivity index (χ3v) is 2.74. The molecule has 0 aliphatic heterocycles. The zero-order chi connectivity index (χ0) is 12.5. The van der Waals surface area contributed by atoms with E-state index in [9.17, 15) is 0 Å². The Balaban J connectivity index is 2.33. The van der Waals surface area contributed by atoms with Gasteiger partial charge in [0.25, 0.3) is 0 Å². The van der Waals surface area contributed by atoms with E-state index in [4.69, 9.17) is 0 Å². The Labute approximate surface area is 103 Å². The van der Waals surface area contributed by atoms with Crippen molar-refractivity contribution >= 4 is 0 Å². The van der Waals surface area contributed by atoms with Crippen LogP contribution < -0.4 is 0 Å². The number of hydrogen-bond donors (Lipinski definition) is 0. The third kappa shape index (κ3) is 2.70. The number of nitrogens with zero attached hydrogens (tertiary/aromatic N) is 2. The number of pyridine rings is 2. The van der Waals surface area contributed by atoms with Gasteiger partial charge >= 0.3 is 0 Å². The van der Waals surface area contributed by atoms with Crippen LogP contribution in [-0.2, 0) is 5.41 Å². The molecule has 0 bridgehead atoms. The topological polar surface area (TPSA) is 25.8 Å². The van der Waals surface area contributed by atoms with Crippen molar-refractivity contribution in [3.05, 3.63) is 47.9 Å². The second kappa shape index (κ2) is 4.28. The lowest BCUT2D eigenvalue weighted by atomic mass is 9.91. The molecule has 2 nitrogen and oxygen atoms in total. The minimum absolute atomic E-state index is 0.0965. The minimum Gasteiger partial charge on any atom is -0.260 e. The fraction of sp³-hybridized carbons (Fsp3) is 0.333. The van der Waals surface area contributed by atoms with Crippen LogP contribution >= 0.6 is 0 Å². The Morgan fingerprint density at radius 2 is 1.65 bits per heavy atom. The molecule has 2 aromatic heterocycles. The molecule has 0 amide bonds. The second-order valence-corrected chi connectivity index (χ2v) is 5.40. The van der Waals surface area contributed by atoms with E-state index in [0.29, 0.717) is 0 Å². The largest absolute Gasteiger partial charge is 0.260 e. The van der Waals surface area contributed by atoms with Crippen molar-refractivity contribution in [1.82, 2.24) is 9.97 Å². The smallest absolute Gasteiger partial charge is 0.0717 e. The van der Waals surface area contributed by atoms with Gasteiger partial charge in [0.2, 0.25) is 0 Å². The van der Waals surface area contributed by atoms with Crippen molar-refractivity contribution in [2.75, 3.05) is 0 Å². The Kier molecular flexibility index (Phi) is 2.97. The molecule has 17 heavy (non-hydrogen) atoms. The van der Waals surface area contributed by atoms with Crippen LogP contribution in [0.15, 0.2) is 36.7 Å². The van der Waals surface area contributed by atoms with Gasteiger partial charge in [0.15, 0.2) is 0 Å². The summed E-state index contributed by atoms with van der Waals surface area (Å²) in [6, 6.07) is 8.27. The molecule has 88 valence electrons. The van der Waals surface area contributed by atoms with Crippen LogP contribution in [0.4, 0.5) is 0 Å². The highest BCUT2D eigenvalue weighted by atomic mass is 14.7. The van der Waals surface area contributed by atoms with Gasteiger partial charge in [-0.2, -0.15) is 0 Å². The van der Waals surface area contributed by atoms with Crippen LogP contribution in [0.25, 0.3) is 11.3 Å². The zero-order valence-electron chi connectivity index (χ0n) is 10.9. The summed E-state index contributed by atoms with van der Waals surface area (Å²) in [5.74, 6) is 0. The van der Waals surface area contributed by atoms with Crippen LogP contribution in [-0.4, -0.2) is 9.97 Å². The first-order chi connectivity index (χ1) is 7.97. The lowest BCUT2D eigenvalue weighted by Crippen LogP contribution is -2.12. The van der Waals surface area contributed by atoms with E-state index in [1.807, 2.05) is 25.4 Å². The first-order valence-corrected chi connectivity index (χ1v) is 5.86. The highest BCUT2D eigenvalue weighted by Crippen LogP contribution is 2.22. The first kappa shape index (κ1) is 11.8. The average molecular weight is 226 g/mol. The molecule has 0 N–H and O–H groups in total. The molecule has 0 saturated carbocycles. The molecule has 0 atom stereocenters. The average Bonchev–Trinajstić information content (AvgIpc) is 2.29. The molecule has 2 aromatic rings. The van der Waals surface area contributed by atoms with E-state index >= 15 is 0 Å². The quantitative estimate of drug-likeness (QED) is 0.740.